The molecule has 0 aliphatic heterocycles. The molecule has 0 saturated carbocycles. The number of para-hydroxylation sites is 3. The van der Waals surface area contributed by atoms with Crippen LogP contribution in [0.4, 0.5) is 17.1 Å². The number of fused-ring (bicyclic) bond motifs is 4. The molecule has 0 amide bonds. The van der Waals surface area contributed by atoms with E-state index in [0.29, 0.717) is 0 Å². The molecule has 13 aromatic rings. The van der Waals surface area contributed by atoms with Gasteiger partial charge in [-0.1, -0.05) is 237 Å². The predicted octanol–water partition coefficient (Wildman–Crippen LogP) is 19.3. The second-order valence-corrected chi connectivity index (χ2v) is 19.2. The van der Waals surface area contributed by atoms with E-state index in [1.54, 1.807) is 0 Å². The molecule has 1 heterocycles. The van der Waals surface area contributed by atoms with Crippen LogP contribution in [-0.4, -0.2) is 4.57 Å². The number of rotatable bonds is 12. The zero-order chi connectivity index (χ0) is 49.2. The van der Waals surface area contributed by atoms with Crippen molar-refractivity contribution in [2.45, 2.75) is 12.8 Å². The Labute approximate surface area is 433 Å². The van der Waals surface area contributed by atoms with Crippen LogP contribution in [0.15, 0.2) is 291 Å². The van der Waals surface area contributed by atoms with Crippen molar-refractivity contribution in [3.8, 4) is 50.2 Å². The SMILES string of the molecule is c1ccc(Cc2ccccc2-c2ccc(N(c3ccc(-c4ccc(-c5ccccc5-n5c6ccccc6c6ccccc65)cc4)cc3)c3ccc(-c4cccc5ccccc45)cc3)cc2Cc2ccccc2)cc1. The Bertz CT molecular complexity index is 4040. The molecule has 0 bridgehead atoms. The van der Waals surface area contributed by atoms with E-state index in [-0.39, 0.29) is 0 Å². The molecule has 0 spiro atoms. The fourth-order valence-electron chi connectivity index (χ4n) is 11.2. The van der Waals surface area contributed by atoms with Gasteiger partial charge in [0.25, 0.3) is 0 Å². The molecule has 0 atom stereocenters. The van der Waals surface area contributed by atoms with Crippen molar-refractivity contribution in [1.82, 2.24) is 4.57 Å². The summed E-state index contributed by atoms with van der Waals surface area (Å²) in [7, 11) is 0. The summed E-state index contributed by atoms with van der Waals surface area (Å²) in [5.74, 6) is 0. The average molecular weight is 945 g/mol. The lowest BCUT2D eigenvalue weighted by atomic mass is 9.89. The van der Waals surface area contributed by atoms with Crippen LogP contribution in [0.5, 0.6) is 0 Å². The molecular weight excluding hydrogens is 893 g/mol. The molecule has 0 fully saturated rings. The first-order chi connectivity index (χ1) is 36.7. The molecule has 0 aliphatic rings. The molecule has 0 saturated heterocycles. The molecule has 1 aromatic heterocycles. The predicted molar refractivity (Wildman–Crippen MR) is 313 cm³/mol. The Morgan fingerprint density at radius 3 is 1.36 bits per heavy atom. The summed E-state index contributed by atoms with van der Waals surface area (Å²) in [5.41, 5.74) is 21.7. The third-order valence-electron chi connectivity index (χ3n) is 14.7. The average Bonchev–Trinajstić information content (AvgIpc) is 3.81. The second-order valence-electron chi connectivity index (χ2n) is 19.2. The van der Waals surface area contributed by atoms with E-state index in [0.717, 1.165) is 35.5 Å². The minimum Gasteiger partial charge on any atom is -0.310 e. The van der Waals surface area contributed by atoms with E-state index >= 15 is 0 Å². The van der Waals surface area contributed by atoms with Crippen LogP contribution in [0.25, 0.3) is 82.8 Å². The van der Waals surface area contributed by atoms with Crippen molar-refractivity contribution in [2.75, 3.05) is 4.90 Å². The summed E-state index contributed by atoms with van der Waals surface area (Å²) in [6.45, 7) is 0. The normalized spacial score (nSPS) is 11.4. The van der Waals surface area contributed by atoms with Crippen LogP contribution in [0, 0.1) is 0 Å². The standard InChI is InChI=1S/C72H52N2/c1-3-18-51(19-4-1)48-58-23-8-10-26-65(58)66-47-46-62(50-59(66)49-52-20-5-2-6-21-52)73(61-44-40-56(41-45-61)64-30-17-24-55-22-7-9-25-63(55)64)60-42-38-54(39-43-60)53-34-36-57(37-35-53)67-27-11-14-31-70(67)74-71-32-15-12-28-68(71)69-29-13-16-33-72(69)74/h1-47,50H,48-49H2. The van der Waals surface area contributed by atoms with Gasteiger partial charge < -0.3 is 9.47 Å². The lowest BCUT2D eigenvalue weighted by Gasteiger charge is -2.27. The molecule has 12 aromatic carbocycles. The maximum Gasteiger partial charge on any atom is 0.0541 e. The Hall–Kier alpha value is -9.50. The lowest BCUT2D eigenvalue weighted by molar-refractivity contribution is 1.16. The zero-order valence-electron chi connectivity index (χ0n) is 41.0. The van der Waals surface area contributed by atoms with Crippen LogP contribution in [-0.2, 0) is 12.8 Å². The summed E-state index contributed by atoms with van der Waals surface area (Å²) in [4.78, 5) is 2.42. The number of hydrogen-bond donors (Lipinski definition) is 0. The van der Waals surface area contributed by atoms with Crippen LogP contribution in [0.2, 0.25) is 0 Å². The van der Waals surface area contributed by atoms with Crippen molar-refractivity contribution in [1.29, 1.82) is 0 Å². The van der Waals surface area contributed by atoms with E-state index in [1.165, 1.54) is 99.5 Å². The second kappa shape index (κ2) is 19.6. The Kier molecular flexibility index (Phi) is 11.8. The lowest BCUT2D eigenvalue weighted by Crippen LogP contribution is -2.11. The molecule has 0 radical (unpaired) electrons. The fraction of sp³-hybridized carbons (Fsp3) is 0.0278. The summed E-state index contributed by atoms with van der Waals surface area (Å²) < 4.78 is 2.42. The molecular formula is C72H52N2. The van der Waals surface area contributed by atoms with Crippen LogP contribution in [0.1, 0.15) is 22.3 Å². The molecule has 2 nitrogen and oxygen atoms in total. The largest absolute Gasteiger partial charge is 0.310 e. The third kappa shape index (κ3) is 8.53. The smallest absolute Gasteiger partial charge is 0.0541 e. The highest BCUT2D eigenvalue weighted by Gasteiger charge is 2.19. The fourth-order valence-corrected chi connectivity index (χ4v) is 11.2. The molecule has 350 valence electrons. The number of aromatic nitrogens is 1. The van der Waals surface area contributed by atoms with Gasteiger partial charge >= 0.3 is 0 Å². The monoisotopic (exact) mass is 944 g/mol. The van der Waals surface area contributed by atoms with Gasteiger partial charge in [-0.05, 0) is 139 Å². The number of hydrogen-bond acceptors (Lipinski definition) is 1. The van der Waals surface area contributed by atoms with Gasteiger partial charge in [0.15, 0.2) is 0 Å². The summed E-state index contributed by atoms with van der Waals surface area (Å²) in [6, 6.07) is 106. The minimum atomic E-state index is 0.801. The number of nitrogens with zero attached hydrogens (tertiary/aromatic N) is 2. The highest BCUT2D eigenvalue weighted by atomic mass is 15.1. The zero-order valence-corrected chi connectivity index (χ0v) is 41.0. The van der Waals surface area contributed by atoms with Crippen molar-refractivity contribution >= 4 is 49.6 Å². The van der Waals surface area contributed by atoms with Gasteiger partial charge in [-0.15, -0.1) is 0 Å². The highest BCUT2D eigenvalue weighted by molar-refractivity contribution is 6.09. The van der Waals surface area contributed by atoms with E-state index in [1.807, 2.05) is 0 Å². The van der Waals surface area contributed by atoms with E-state index in [2.05, 4.69) is 301 Å². The van der Waals surface area contributed by atoms with Gasteiger partial charge in [0.1, 0.15) is 0 Å². The van der Waals surface area contributed by atoms with Crippen LogP contribution < -0.4 is 4.90 Å². The third-order valence-corrected chi connectivity index (χ3v) is 14.7. The minimum absolute atomic E-state index is 0.801. The Morgan fingerprint density at radius 2 is 0.703 bits per heavy atom. The molecule has 2 heteroatoms. The maximum absolute atomic E-state index is 2.42. The molecule has 74 heavy (non-hydrogen) atoms. The van der Waals surface area contributed by atoms with Crippen molar-refractivity contribution in [3.05, 3.63) is 313 Å². The summed E-state index contributed by atoms with van der Waals surface area (Å²) in [5, 5.41) is 5.02. The highest BCUT2D eigenvalue weighted by Crippen LogP contribution is 2.42. The number of benzene rings is 12. The molecule has 13 rings (SSSR count). The Morgan fingerprint density at radius 1 is 0.270 bits per heavy atom. The van der Waals surface area contributed by atoms with Gasteiger partial charge in [-0.2, -0.15) is 0 Å². The van der Waals surface area contributed by atoms with Gasteiger partial charge in [-0.3, -0.25) is 0 Å². The van der Waals surface area contributed by atoms with Crippen LogP contribution in [0.3, 0.4) is 0 Å². The van der Waals surface area contributed by atoms with Crippen molar-refractivity contribution in [2.24, 2.45) is 0 Å². The number of anilines is 3. The van der Waals surface area contributed by atoms with Crippen molar-refractivity contribution in [3.63, 3.8) is 0 Å². The van der Waals surface area contributed by atoms with Gasteiger partial charge in [0, 0.05) is 33.4 Å². The maximum atomic E-state index is 2.42. The van der Waals surface area contributed by atoms with Gasteiger partial charge in [0.2, 0.25) is 0 Å². The van der Waals surface area contributed by atoms with Gasteiger partial charge in [-0.25, -0.2) is 0 Å². The topological polar surface area (TPSA) is 8.17 Å². The molecule has 0 N–H and O–H groups in total. The first-order valence-corrected chi connectivity index (χ1v) is 25.7. The Balaban J connectivity index is 0.885. The first kappa shape index (κ1) is 44.4. The summed E-state index contributed by atoms with van der Waals surface area (Å²) in [6.07, 6.45) is 1.67. The quantitative estimate of drug-likeness (QED) is 0.118. The van der Waals surface area contributed by atoms with Crippen molar-refractivity contribution < 1.29 is 0 Å². The summed E-state index contributed by atoms with van der Waals surface area (Å²) >= 11 is 0. The molecule has 0 unspecified atom stereocenters. The van der Waals surface area contributed by atoms with E-state index in [9.17, 15) is 0 Å². The van der Waals surface area contributed by atoms with Gasteiger partial charge in [0.05, 0.1) is 16.7 Å². The van der Waals surface area contributed by atoms with E-state index in [4.69, 9.17) is 0 Å². The molecule has 0 aliphatic carbocycles. The first-order valence-electron chi connectivity index (χ1n) is 25.7. The van der Waals surface area contributed by atoms with Crippen LogP contribution >= 0.6 is 0 Å². The van der Waals surface area contributed by atoms with E-state index < -0.39 is 0 Å².